The molecule has 2 fully saturated rings. The fraction of sp³-hybridized carbons (Fsp3) is 0.739. The van der Waals surface area contributed by atoms with Crippen LogP contribution in [-0.2, 0) is 6.42 Å². The quantitative estimate of drug-likeness (QED) is 0.698. The lowest BCUT2D eigenvalue weighted by atomic mass is 9.94. The van der Waals surface area contributed by atoms with Gasteiger partial charge in [-0.2, -0.15) is 0 Å². The number of hydrogen-bond donors (Lipinski definition) is 2. The molecule has 0 unspecified atom stereocenters. The van der Waals surface area contributed by atoms with Crippen molar-refractivity contribution in [2.75, 3.05) is 39.3 Å². The van der Waals surface area contributed by atoms with Crippen molar-refractivity contribution in [1.82, 2.24) is 9.80 Å². The van der Waals surface area contributed by atoms with Crippen molar-refractivity contribution in [3.8, 4) is 0 Å². The summed E-state index contributed by atoms with van der Waals surface area (Å²) in [5, 5.41) is 19.2. The average Bonchev–Trinajstić information content (AvgIpc) is 3.22. The lowest BCUT2D eigenvalue weighted by Crippen LogP contribution is -2.45. The van der Waals surface area contributed by atoms with Crippen LogP contribution in [0.2, 0.25) is 0 Å². The van der Waals surface area contributed by atoms with Crippen molar-refractivity contribution in [3.63, 3.8) is 0 Å². The molecule has 152 valence electrons. The number of aliphatic hydroxyl groups excluding tert-OH is 2. The second-order valence-electron chi connectivity index (χ2n) is 8.69. The summed E-state index contributed by atoms with van der Waals surface area (Å²) >= 11 is 0. The Morgan fingerprint density at radius 2 is 1.81 bits per heavy atom. The normalized spacial score (nSPS) is 21.2. The summed E-state index contributed by atoms with van der Waals surface area (Å²) < 4.78 is 0. The minimum atomic E-state index is -0.597. The van der Waals surface area contributed by atoms with E-state index in [2.05, 4.69) is 41.0 Å². The van der Waals surface area contributed by atoms with Gasteiger partial charge in [-0.3, -0.25) is 4.90 Å². The molecule has 0 radical (unpaired) electrons. The predicted molar refractivity (Wildman–Crippen MR) is 111 cm³/mol. The summed E-state index contributed by atoms with van der Waals surface area (Å²) in [7, 11) is 0. The van der Waals surface area contributed by atoms with Crippen LogP contribution in [-0.4, -0.2) is 71.5 Å². The monoisotopic (exact) mass is 374 g/mol. The molecule has 1 heterocycles. The first-order valence-electron chi connectivity index (χ1n) is 11.0. The molecule has 4 heteroatoms. The first-order chi connectivity index (χ1) is 13.2. The molecule has 0 aromatic heterocycles. The highest BCUT2D eigenvalue weighted by Gasteiger charge is 2.28. The van der Waals surface area contributed by atoms with Crippen LogP contribution in [0, 0.1) is 12.8 Å². The van der Waals surface area contributed by atoms with Gasteiger partial charge >= 0.3 is 0 Å². The molecule has 3 rings (SSSR count). The first kappa shape index (κ1) is 20.8. The van der Waals surface area contributed by atoms with E-state index in [-0.39, 0.29) is 6.61 Å². The Morgan fingerprint density at radius 1 is 1.11 bits per heavy atom. The summed E-state index contributed by atoms with van der Waals surface area (Å²) in [6.07, 6.45) is 8.20. The third-order valence-corrected chi connectivity index (χ3v) is 6.66. The Hall–Kier alpha value is -0.940. The summed E-state index contributed by atoms with van der Waals surface area (Å²) in [5.74, 6) is 0.728. The van der Waals surface area contributed by atoms with E-state index in [1.54, 1.807) is 0 Å². The molecule has 0 bridgehead atoms. The molecular formula is C23H38N2O2. The van der Waals surface area contributed by atoms with E-state index in [4.69, 9.17) is 0 Å². The Labute approximate surface area is 165 Å². The molecule has 1 aromatic rings. The molecule has 27 heavy (non-hydrogen) atoms. The molecule has 1 aromatic carbocycles. The SMILES string of the molecule is Cc1ccccc1CCN1CCC(CN(C[C@H](O)CO)C2CCCC2)CC1. The number of piperidine rings is 1. The number of benzene rings is 1. The van der Waals surface area contributed by atoms with Gasteiger partial charge in [-0.15, -0.1) is 0 Å². The minimum Gasteiger partial charge on any atom is -0.394 e. The second kappa shape index (κ2) is 10.6. The molecule has 2 aliphatic rings. The van der Waals surface area contributed by atoms with Crippen LogP contribution < -0.4 is 0 Å². The van der Waals surface area contributed by atoms with Gasteiger partial charge in [0.25, 0.3) is 0 Å². The van der Waals surface area contributed by atoms with Gasteiger partial charge in [0.1, 0.15) is 0 Å². The summed E-state index contributed by atoms with van der Waals surface area (Å²) in [5.41, 5.74) is 2.88. The number of aliphatic hydroxyl groups is 2. The fourth-order valence-electron chi connectivity index (χ4n) is 4.86. The second-order valence-corrected chi connectivity index (χ2v) is 8.69. The zero-order valence-corrected chi connectivity index (χ0v) is 17.0. The topological polar surface area (TPSA) is 46.9 Å². The Balaban J connectivity index is 1.43. The zero-order chi connectivity index (χ0) is 19.1. The van der Waals surface area contributed by atoms with E-state index >= 15 is 0 Å². The number of aryl methyl sites for hydroxylation is 1. The molecule has 0 amide bonds. The highest BCUT2D eigenvalue weighted by Crippen LogP contribution is 2.27. The Bertz CT molecular complexity index is 551. The van der Waals surface area contributed by atoms with Crippen molar-refractivity contribution >= 4 is 0 Å². The molecule has 1 saturated carbocycles. The minimum absolute atomic E-state index is 0.124. The van der Waals surface area contributed by atoms with Gasteiger partial charge in [0, 0.05) is 25.7 Å². The van der Waals surface area contributed by atoms with Crippen molar-refractivity contribution in [1.29, 1.82) is 0 Å². The average molecular weight is 375 g/mol. The number of rotatable bonds is 9. The Morgan fingerprint density at radius 3 is 2.48 bits per heavy atom. The fourth-order valence-corrected chi connectivity index (χ4v) is 4.86. The van der Waals surface area contributed by atoms with Crippen LogP contribution in [0.1, 0.15) is 49.7 Å². The van der Waals surface area contributed by atoms with E-state index in [0.717, 1.165) is 25.4 Å². The lowest BCUT2D eigenvalue weighted by Gasteiger charge is -2.37. The van der Waals surface area contributed by atoms with Crippen LogP contribution >= 0.6 is 0 Å². The van der Waals surface area contributed by atoms with E-state index < -0.39 is 6.10 Å². The van der Waals surface area contributed by atoms with Gasteiger partial charge in [-0.1, -0.05) is 37.1 Å². The highest BCUT2D eigenvalue weighted by atomic mass is 16.3. The van der Waals surface area contributed by atoms with E-state index in [9.17, 15) is 10.2 Å². The van der Waals surface area contributed by atoms with E-state index in [0.29, 0.717) is 12.6 Å². The summed E-state index contributed by atoms with van der Waals surface area (Å²) in [6.45, 7) is 7.35. The van der Waals surface area contributed by atoms with Crippen molar-refractivity contribution in [2.45, 2.75) is 64.0 Å². The van der Waals surface area contributed by atoms with Crippen LogP contribution in [0.5, 0.6) is 0 Å². The van der Waals surface area contributed by atoms with Crippen LogP contribution in [0.25, 0.3) is 0 Å². The predicted octanol–water partition coefficient (Wildman–Crippen LogP) is 2.85. The van der Waals surface area contributed by atoms with Crippen LogP contribution in [0.3, 0.4) is 0 Å². The number of hydrogen-bond acceptors (Lipinski definition) is 4. The maximum atomic E-state index is 9.96. The smallest absolute Gasteiger partial charge is 0.0897 e. The van der Waals surface area contributed by atoms with Gasteiger partial charge in [0.15, 0.2) is 0 Å². The van der Waals surface area contributed by atoms with Gasteiger partial charge in [-0.25, -0.2) is 0 Å². The van der Waals surface area contributed by atoms with Gasteiger partial charge < -0.3 is 15.1 Å². The van der Waals surface area contributed by atoms with E-state index in [1.165, 1.54) is 62.7 Å². The van der Waals surface area contributed by atoms with Crippen molar-refractivity contribution < 1.29 is 10.2 Å². The van der Waals surface area contributed by atoms with E-state index in [1.807, 2.05) is 0 Å². The summed E-state index contributed by atoms with van der Waals surface area (Å²) in [6, 6.07) is 9.35. The molecule has 2 N–H and O–H groups in total. The maximum absolute atomic E-state index is 9.96. The third-order valence-electron chi connectivity index (χ3n) is 6.66. The maximum Gasteiger partial charge on any atom is 0.0897 e. The molecule has 1 atom stereocenters. The van der Waals surface area contributed by atoms with Gasteiger partial charge in [-0.05, 0) is 69.2 Å². The van der Waals surface area contributed by atoms with Crippen LogP contribution in [0.15, 0.2) is 24.3 Å². The Kier molecular flexibility index (Phi) is 8.13. The zero-order valence-electron chi connectivity index (χ0n) is 17.0. The van der Waals surface area contributed by atoms with Gasteiger partial charge in [0.05, 0.1) is 12.7 Å². The molecular weight excluding hydrogens is 336 g/mol. The lowest BCUT2D eigenvalue weighted by molar-refractivity contribution is 0.0324. The third kappa shape index (κ3) is 6.28. The van der Waals surface area contributed by atoms with Gasteiger partial charge in [0.2, 0.25) is 0 Å². The van der Waals surface area contributed by atoms with Crippen LogP contribution in [0.4, 0.5) is 0 Å². The standard InChI is InChI=1S/C23H38N2O2/c1-19-6-2-3-7-21(19)12-15-24-13-10-20(11-14-24)16-25(17-23(27)18-26)22-8-4-5-9-22/h2-3,6-7,20,22-23,26-27H,4-5,8-18H2,1H3/t23-/m0/s1. The summed E-state index contributed by atoms with van der Waals surface area (Å²) in [4.78, 5) is 5.10. The first-order valence-corrected chi connectivity index (χ1v) is 11.0. The molecule has 0 spiro atoms. The largest absolute Gasteiger partial charge is 0.394 e. The van der Waals surface area contributed by atoms with Crippen molar-refractivity contribution in [2.24, 2.45) is 5.92 Å². The number of nitrogens with zero attached hydrogens (tertiary/aromatic N) is 2. The molecule has 4 nitrogen and oxygen atoms in total. The molecule has 1 aliphatic carbocycles. The number of likely N-dealkylation sites (tertiary alicyclic amines) is 1. The highest BCUT2D eigenvalue weighted by molar-refractivity contribution is 5.25. The molecule has 1 aliphatic heterocycles. The molecule has 1 saturated heterocycles. The van der Waals surface area contributed by atoms with Crippen molar-refractivity contribution in [3.05, 3.63) is 35.4 Å².